The topological polar surface area (TPSA) is 66.5 Å². The van der Waals surface area contributed by atoms with E-state index in [4.69, 9.17) is 0 Å². The van der Waals surface area contributed by atoms with Gasteiger partial charge in [0.15, 0.2) is 0 Å². The van der Waals surface area contributed by atoms with Crippen molar-refractivity contribution in [1.82, 2.24) is 4.31 Å². The van der Waals surface area contributed by atoms with Crippen LogP contribution in [-0.2, 0) is 34.2 Å². The fourth-order valence-electron chi connectivity index (χ4n) is 4.75. The van der Waals surface area contributed by atoms with Crippen LogP contribution >= 0.6 is 0 Å². The molecule has 34 heavy (non-hydrogen) atoms. The molecule has 1 atom stereocenters. The Morgan fingerprint density at radius 1 is 0.941 bits per heavy atom. The van der Waals surface area contributed by atoms with Gasteiger partial charge in [-0.25, -0.2) is 8.42 Å². The standard InChI is InChI=1S/C28H32N2O3S/c1-6-22-10-9-13-25(15-22)29-28(31)26-16-23-11-7-8-12-24(23)17-30(26)34(32,33)27-20(4)18(2)14-19(3)21(27)5/h7-15,26H,6,16-17H2,1-5H3,(H,29,31)/t26-/m0/s1. The smallest absolute Gasteiger partial charge is 0.244 e. The molecule has 0 aromatic heterocycles. The molecule has 0 bridgehead atoms. The molecule has 1 heterocycles. The molecule has 5 nitrogen and oxygen atoms in total. The van der Waals surface area contributed by atoms with Crippen molar-refractivity contribution >= 4 is 21.6 Å². The lowest BCUT2D eigenvalue weighted by Gasteiger charge is -2.36. The van der Waals surface area contributed by atoms with Gasteiger partial charge < -0.3 is 5.32 Å². The van der Waals surface area contributed by atoms with E-state index in [-0.39, 0.29) is 12.5 Å². The number of nitrogens with zero attached hydrogens (tertiary/aromatic N) is 1. The van der Waals surface area contributed by atoms with Crippen molar-refractivity contribution in [3.05, 3.63) is 93.5 Å². The molecule has 0 saturated carbocycles. The number of anilines is 1. The second-order valence-corrected chi connectivity index (χ2v) is 11.0. The van der Waals surface area contributed by atoms with Crippen LogP contribution in [-0.4, -0.2) is 24.7 Å². The molecule has 3 aromatic carbocycles. The van der Waals surface area contributed by atoms with Crippen LogP contribution in [0.4, 0.5) is 5.69 Å². The average Bonchev–Trinajstić information content (AvgIpc) is 2.82. The van der Waals surface area contributed by atoms with Crippen LogP contribution in [0.15, 0.2) is 59.5 Å². The second kappa shape index (κ2) is 9.35. The predicted octanol–water partition coefficient (Wildman–Crippen LogP) is 5.24. The Morgan fingerprint density at radius 2 is 1.59 bits per heavy atom. The lowest BCUT2D eigenvalue weighted by atomic mass is 9.95. The highest BCUT2D eigenvalue weighted by molar-refractivity contribution is 7.89. The number of aryl methyl sites for hydroxylation is 3. The largest absolute Gasteiger partial charge is 0.325 e. The minimum atomic E-state index is -3.94. The molecule has 0 radical (unpaired) electrons. The van der Waals surface area contributed by atoms with Gasteiger partial charge in [0.2, 0.25) is 15.9 Å². The maximum absolute atomic E-state index is 14.2. The highest BCUT2D eigenvalue weighted by Gasteiger charge is 2.41. The Morgan fingerprint density at radius 3 is 2.24 bits per heavy atom. The summed E-state index contributed by atoms with van der Waals surface area (Å²) in [4.78, 5) is 13.9. The Labute approximate surface area is 202 Å². The maximum Gasteiger partial charge on any atom is 0.244 e. The normalized spacial score (nSPS) is 16.2. The van der Waals surface area contributed by atoms with E-state index in [1.807, 2.05) is 82.3 Å². The number of benzene rings is 3. The second-order valence-electron chi connectivity index (χ2n) is 9.17. The van der Waals surface area contributed by atoms with Gasteiger partial charge >= 0.3 is 0 Å². The van der Waals surface area contributed by atoms with Gasteiger partial charge in [0.1, 0.15) is 6.04 Å². The summed E-state index contributed by atoms with van der Waals surface area (Å²) < 4.78 is 29.7. The Kier molecular flexibility index (Phi) is 6.65. The molecule has 178 valence electrons. The van der Waals surface area contributed by atoms with E-state index in [0.29, 0.717) is 17.0 Å². The first-order valence-electron chi connectivity index (χ1n) is 11.7. The number of nitrogens with one attached hydrogen (secondary N) is 1. The van der Waals surface area contributed by atoms with Crippen LogP contribution in [0.2, 0.25) is 0 Å². The monoisotopic (exact) mass is 476 g/mol. The fourth-order valence-corrected chi connectivity index (χ4v) is 6.90. The number of hydrogen-bond donors (Lipinski definition) is 1. The van der Waals surface area contributed by atoms with Gasteiger partial charge in [-0.3, -0.25) is 4.79 Å². The summed E-state index contributed by atoms with van der Waals surface area (Å²) >= 11 is 0. The summed E-state index contributed by atoms with van der Waals surface area (Å²) in [6.45, 7) is 9.77. The first-order chi connectivity index (χ1) is 16.1. The summed E-state index contributed by atoms with van der Waals surface area (Å²) in [5.74, 6) is -0.314. The van der Waals surface area contributed by atoms with Crippen molar-refractivity contribution in [1.29, 1.82) is 0 Å². The van der Waals surface area contributed by atoms with Gasteiger partial charge in [0, 0.05) is 12.2 Å². The van der Waals surface area contributed by atoms with Crippen LogP contribution in [0, 0.1) is 27.7 Å². The summed E-state index contributed by atoms with van der Waals surface area (Å²) in [7, 11) is -3.94. The number of carbonyl (C=O) groups excluding carboxylic acids is 1. The molecule has 3 aromatic rings. The third-order valence-corrected chi connectivity index (χ3v) is 9.10. The summed E-state index contributed by atoms with van der Waals surface area (Å²) in [5, 5.41) is 2.98. The Balaban J connectivity index is 1.79. The molecule has 1 N–H and O–H groups in total. The summed E-state index contributed by atoms with van der Waals surface area (Å²) in [6.07, 6.45) is 1.18. The number of carbonyl (C=O) groups is 1. The van der Waals surface area contributed by atoms with Crippen LogP contribution < -0.4 is 5.32 Å². The summed E-state index contributed by atoms with van der Waals surface area (Å²) in [6, 6.07) is 16.6. The number of amides is 1. The van der Waals surface area contributed by atoms with E-state index < -0.39 is 16.1 Å². The zero-order valence-corrected chi connectivity index (χ0v) is 21.3. The Bertz CT molecular complexity index is 1340. The molecule has 0 spiro atoms. The van der Waals surface area contributed by atoms with E-state index >= 15 is 0 Å². The van der Waals surface area contributed by atoms with Gasteiger partial charge in [-0.2, -0.15) is 4.31 Å². The molecule has 0 aliphatic carbocycles. The average molecular weight is 477 g/mol. The molecule has 6 heteroatoms. The zero-order chi connectivity index (χ0) is 24.6. The Hall–Kier alpha value is -2.96. The molecule has 4 rings (SSSR count). The van der Waals surface area contributed by atoms with E-state index in [0.717, 1.165) is 45.4 Å². The van der Waals surface area contributed by atoms with E-state index in [1.165, 1.54) is 4.31 Å². The van der Waals surface area contributed by atoms with E-state index in [1.54, 1.807) is 0 Å². The van der Waals surface area contributed by atoms with Crippen molar-refractivity contribution in [2.45, 2.75) is 64.9 Å². The van der Waals surface area contributed by atoms with Gasteiger partial charge in [0.25, 0.3) is 0 Å². The van der Waals surface area contributed by atoms with Gasteiger partial charge in [-0.05, 0) is 91.6 Å². The van der Waals surface area contributed by atoms with Crippen molar-refractivity contribution < 1.29 is 13.2 Å². The third-order valence-electron chi connectivity index (χ3n) is 6.97. The SMILES string of the molecule is CCc1cccc(NC(=O)[C@@H]2Cc3ccccc3CN2S(=O)(=O)c2c(C)c(C)cc(C)c2C)c1. The molecular weight excluding hydrogens is 444 g/mol. The van der Waals surface area contributed by atoms with Crippen LogP contribution in [0.25, 0.3) is 0 Å². The first-order valence-corrected chi connectivity index (χ1v) is 13.1. The van der Waals surface area contributed by atoms with E-state index in [9.17, 15) is 13.2 Å². The number of sulfonamides is 1. The van der Waals surface area contributed by atoms with Gasteiger partial charge in [-0.15, -0.1) is 0 Å². The maximum atomic E-state index is 14.2. The van der Waals surface area contributed by atoms with Crippen molar-refractivity contribution in [2.24, 2.45) is 0 Å². The van der Waals surface area contributed by atoms with Crippen LogP contribution in [0.1, 0.15) is 45.9 Å². The summed E-state index contributed by atoms with van der Waals surface area (Å²) in [5.41, 5.74) is 7.05. The van der Waals surface area contributed by atoms with E-state index in [2.05, 4.69) is 12.2 Å². The molecule has 1 aliphatic heterocycles. The first kappa shape index (κ1) is 24.2. The van der Waals surface area contributed by atoms with Gasteiger partial charge in [-0.1, -0.05) is 49.4 Å². The highest BCUT2D eigenvalue weighted by atomic mass is 32.2. The van der Waals surface area contributed by atoms with Crippen molar-refractivity contribution in [3.8, 4) is 0 Å². The van der Waals surface area contributed by atoms with Crippen molar-refractivity contribution in [3.63, 3.8) is 0 Å². The highest BCUT2D eigenvalue weighted by Crippen LogP contribution is 2.34. The van der Waals surface area contributed by atoms with Crippen LogP contribution in [0.5, 0.6) is 0 Å². The zero-order valence-electron chi connectivity index (χ0n) is 20.5. The quantitative estimate of drug-likeness (QED) is 0.548. The third kappa shape index (κ3) is 4.40. The van der Waals surface area contributed by atoms with Crippen molar-refractivity contribution in [2.75, 3.05) is 5.32 Å². The molecule has 1 aliphatic rings. The predicted molar refractivity (Wildman–Crippen MR) is 137 cm³/mol. The molecule has 1 amide bonds. The fraction of sp³-hybridized carbons (Fsp3) is 0.321. The molecular formula is C28H32N2O3S. The molecule has 0 fully saturated rings. The van der Waals surface area contributed by atoms with Crippen LogP contribution in [0.3, 0.4) is 0 Å². The lowest BCUT2D eigenvalue weighted by molar-refractivity contribution is -0.120. The minimum absolute atomic E-state index is 0.164. The number of hydrogen-bond acceptors (Lipinski definition) is 3. The number of rotatable bonds is 5. The lowest BCUT2D eigenvalue weighted by Crippen LogP contribution is -2.50. The molecule has 0 unspecified atom stereocenters. The molecule has 0 saturated heterocycles. The minimum Gasteiger partial charge on any atom is -0.325 e. The van der Waals surface area contributed by atoms with Gasteiger partial charge in [0.05, 0.1) is 4.90 Å². The number of fused-ring (bicyclic) bond motifs is 1.